The van der Waals surface area contributed by atoms with E-state index in [1.165, 1.54) is 12.1 Å². The molecule has 6 nitrogen and oxygen atoms in total. The molecule has 0 heterocycles. The number of nitrogens with two attached hydrogens (primary N) is 1. The number of carbonyl (C=O) groups excluding carboxylic acids is 1. The number of phenols is 1. The molecule has 1 aromatic carbocycles. The second-order valence-electron chi connectivity index (χ2n) is 4.66. The average molecular weight is 312 g/mol. The van der Waals surface area contributed by atoms with Crippen LogP contribution in [0.1, 0.15) is 12.0 Å². The van der Waals surface area contributed by atoms with Crippen molar-refractivity contribution in [3.8, 4) is 5.75 Å². The Morgan fingerprint density at radius 3 is 2.48 bits per heavy atom. The van der Waals surface area contributed by atoms with Gasteiger partial charge in [0.2, 0.25) is 5.91 Å². The Kier molecular flexibility index (Phi) is 7.04. The second kappa shape index (κ2) is 8.53. The van der Waals surface area contributed by atoms with Gasteiger partial charge in [-0.2, -0.15) is 11.8 Å². The van der Waals surface area contributed by atoms with Gasteiger partial charge in [0.05, 0.1) is 6.04 Å². The fraction of sp³-hybridized carbons (Fsp3) is 0.429. The molecule has 0 fully saturated rings. The molecular formula is C14H20N2O4S. The number of carboxylic acids is 1. The van der Waals surface area contributed by atoms with Crippen LogP contribution in [-0.4, -0.2) is 46.2 Å². The zero-order chi connectivity index (χ0) is 15.8. The lowest BCUT2D eigenvalue weighted by Crippen LogP contribution is -2.49. The molecule has 7 heteroatoms. The molecule has 0 radical (unpaired) electrons. The number of carbonyl (C=O) groups is 2. The van der Waals surface area contributed by atoms with E-state index in [2.05, 4.69) is 5.32 Å². The average Bonchev–Trinajstić information content (AvgIpc) is 2.45. The van der Waals surface area contributed by atoms with E-state index in [9.17, 15) is 19.8 Å². The summed E-state index contributed by atoms with van der Waals surface area (Å²) in [6.07, 6.45) is 2.55. The van der Waals surface area contributed by atoms with Crippen LogP contribution in [0.3, 0.4) is 0 Å². The van der Waals surface area contributed by atoms with Crippen molar-refractivity contribution in [3.05, 3.63) is 29.8 Å². The monoisotopic (exact) mass is 312 g/mol. The number of benzene rings is 1. The number of hydrogen-bond donors (Lipinski definition) is 4. The van der Waals surface area contributed by atoms with Gasteiger partial charge in [0.15, 0.2) is 0 Å². The topological polar surface area (TPSA) is 113 Å². The number of phenolic OH excluding ortho intramolecular Hbond substituents is 1. The van der Waals surface area contributed by atoms with Crippen LogP contribution in [0.4, 0.5) is 0 Å². The Bertz CT molecular complexity index is 478. The minimum atomic E-state index is -1.12. The van der Waals surface area contributed by atoms with Crippen molar-refractivity contribution in [1.29, 1.82) is 0 Å². The minimum absolute atomic E-state index is 0.105. The first-order valence-corrected chi connectivity index (χ1v) is 7.89. The molecule has 0 aliphatic heterocycles. The molecule has 0 saturated carbocycles. The lowest BCUT2D eigenvalue weighted by Gasteiger charge is -2.17. The van der Waals surface area contributed by atoms with Crippen molar-refractivity contribution < 1.29 is 19.8 Å². The van der Waals surface area contributed by atoms with Gasteiger partial charge >= 0.3 is 5.97 Å². The van der Waals surface area contributed by atoms with Gasteiger partial charge < -0.3 is 21.3 Å². The normalized spacial score (nSPS) is 13.4. The first-order chi connectivity index (χ1) is 9.93. The Labute approximate surface area is 127 Å². The Hall–Kier alpha value is -1.73. The maximum atomic E-state index is 11.9. The molecule has 21 heavy (non-hydrogen) atoms. The summed E-state index contributed by atoms with van der Waals surface area (Å²) in [4.78, 5) is 23.1. The number of carboxylic acid groups (broad SMARTS) is 1. The van der Waals surface area contributed by atoms with Gasteiger partial charge in [0, 0.05) is 6.42 Å². The third-order valence-electron chi connectivity index (χ3n) is 2.96. The lowest BCUT2D eigenvalue weighted by atomic mass is 10.1. The van der Waals surface area contributed by atoms with E-state index in [1.807, 2.05) is 6.26 Å². The summed E-state index contributed by atoms with van der Waals surface area (Å²) in [5, 5.41) is 20.8. The molecule has 0 saturated heterocycles. The molecule has 1 amide bonds. The van der Waals surface area contributed by atoms with Gasteiger partial charge in [-0.1, -0.05) is 12.1 Å². The molecule has 0 bridgehead atoms. The predicted molar refractivity (Wildman–Crippen MR) is 82.4 cm³/mol. The molecule has 0 aliphatic carbocycles. The smallest absolute Gasteiger partial charge is 0.326 e. The second-order valence-corrected chi connectivity index (χ2v) is 5.64. The van der Waals surface area contributed by atoms with E-state index in [1.54, 1.807) is 23.9 Å². The number of nitrogens with one attached hydrogen (secondary N) is 1. The maximum absolute atomic E-state index is 11.9. The summed E-state index contributed by atoms with van der Waals surface area (Å²) in [6.45, 7) is 0. The standard InChI is InChI=1S/C14H20N2O4S/c1-21-7-6-11(15)13(18)16-12(14(19)20)8-9-2-4-10(17)5-3-9/h2-5,11-12,17H,6-8,15H2,1H3,(H,16,18)(H,19,20)/t11-,12?/m0/s1. The Morgan fingerprint density at radius 1 is 1.33 bits per heavy atom. The van der Waals surface area contributed by atoms with Gasteiger partial charge in [-0.3, -0.25) is 4.79 Å². The van der Waals surface area contributed by atoms with E-state index >= 15 is 0 Å². The highest BCUT2D eigenvalue weighted by molar-refractivity contribution is 7.98. The van der Waals surface area contributed by atoms with Crippen LogP contribution in [0.15, 0.2) is 24.3 Å². The van der Waals surface area contributed by atoms with Crippen LogP contribution in [0.5, 0.6) is 5.75 Å². The van der Waals surface area contributed by atoms with Crippen molar-refractivity contribution in [2.45, 2.75) is 24.9 Å². The Balaban J connectivity index is 2.63. The van der Waals surface area contributed by atoms with E-state index in [4.69, 9.17) is 5.73 Å². The van der Waals surface area contributed by atoms with Gasteiger partial charge in [-0.15, -0.1) is 0 Å². The molecule has 2 atom stereocenters. The summed E-state index contributed by atoms with van der Waals surface area (Å²) < 4.78 is 0. The largest absolute Gasteiger partial charge is 0.508 e. The van der Waals surface area contributed by atoms with Crippen LogP contribution in [0, 0.1) is 0 Å². The molecule has 0 spiro atoms. The highest BCUT2D eigenvalue weighted by Gasteiger charge is 2.23. The molecule has 0 aliphatic rings. The van der Waals surface area contributed by atoms with Crippen molar-refractivity contribution >= 4 is 23.6 Å². The first kappa shape index (κ1) is 17.3. The predicted octanol–water partition coefficient (Wildman–Crippen LogP) is 0.584. The van der Waals surface area contributed by atoms with Crippen LogP contribution in [0.2, 0.25) is 0 Å². The SMILES string of the molecule is CSCC[C@H](N)C(=O)NC(Cc1ccc(O)cc1)C(=O)O. The molecule has 5 N–H and O–H groups in total. The first-order valence-electron chi connectivity index (χ1n) is 6.49. The molecular weight excluding hydrogens is 292 g/mol. The quantitative estimate of drug-likeness (QED) is 0.559. The molecule has 116 valence electrons. The lowest BCUT2D eigenvalue weighted by molar-refractivity contribution is -0.142. The third kappa shape index (κ3) is 6.05. The fourth-order valence-electron chi connectivity index (χ4n) is 1.72. The van der Waals surface area contributed by atoms with Crippen LogP contribution >= 0.6 is 11.8 Å². The zero-order valence-electron chi connectivity index (χ0n) is 11.8. The molecule has 1 unspecified atom stereocenters. The highest BCUT2D eigenvalue weighted by atomic mass is 32.2. The van der Waals surface area contributed by atoms with Gasteiger partial charge in [0.25, 0.3) is 0 Å². The summed E-state index contributed by atoms with van der Waals surface area (Å²) in [5.41, 5.74) is 6.42. The van der Waals surface area contributed by atoms with Crippen LogP contribution < -0.4 is 11.1 Å². The minimum Gasteiger partial charge on any atom is -0.508 e. The fourth-order valence-corrected chi connectivity index (χ4v) is 2.21. The highest BCUT2D eigenvalue weighted by Crippen LogP contribution is 2.11. The number of rotatable bonds is 8. The Morgan fingerprint density at radius 2 is 1.95 bits per heavy atom. The summed E-state index contributed by atoms with van der Waals surface area (Å²) in [6, 6.07) is 4.43. The number of aliphatic carboxylic acids is 1. The van der Waals surface area contributed by atoms with Gasteiger partial charge in [-0.25, -0.2) is 4.79 Å². The van der Waals surface area contributed by atoms with E-state index < -0.39 is 24.0 Å². The van der Waals surface area contributed by atoms with Crippen molar-refractivity contribution in [1.82, 2.24) is 5.32 Å². The van der Waals surface area contributed by atoms with E-state index in [-0.39, 0.29) is 12.2 Å². The summed E-state index contributed by atoms with van der Waals surface area (Å²) in [5.74, 6) is -0.734. The zero-order valence-corrected chi connectivity index (χ0v) is 12.6. The number of aromatic hydroxyl groups is 1. The summed E-state index contributed by atoms with van der Waals surface area (Å²) in [7, 11) is 0. The molecule has 0 aromatic heterocycles. The van der Waals surface area contributed by atoms with E-state index in [0.29, 0.717) is 12.0 Å². The van der Waals surface area contributed by atoms with Crippen molar-refractivity contribution in [2.75, 3.05) is 12.0 Å². The van der Waals surface area contributed by atoms with Crippen LogP contribution in [-0.2, 0) is 16.0 Å². The van der Waals surface area contributed by atoms with Gasteiger partial charge in [0.1, 0.15) is 11.8 Å². The number of amides is 1. The summed E-state index contributed by atoms with van der Waals surface area (Å²) >= 11 is 1.58. The van der Waals surface area contributed by atoms with Crippen molar-refractivity contribution in [3.63, 3.8) is 0 Å². The van der Waals surface area contributed by atoms with Crippen LogP contribution in [0.25, 0.3) is 0 Å². The molecule has 1 aromatic rings. The van der Waals surface area contributed by atoms with E-state index in [0.717, 1.165) is 5.75 Å². The van der Waals surface area contributed by atoms with Crippen molar-refractivity contribution in [2.24, 2.45) is 5.73 Å². The molecule has 1 rings (SSSR count). The number of thioether (sulfide) groups is 1. The number of hydrogen-bond acceptors (Lipinski definition) is 5. The maximum Gasteiger partial charge on any atom is 0.326 e. The third-order valence-corrected chi connectivity index (χ3v) is 3.60. The van der Waals surface area contributed by atoms with Gasteiger partial charge in [-0.05, 0) is 36.1 Å².